The van der Waals surface area contributed by atoms with Crippen molar-refractivity contribution in [3.63, 3.8) is 0 Å². The molecule has 0 radical (unpaired) electrons. The third-order valence-corrected chi connectivity index (χ3v) is 6.02. The van der Waals surface area contributed by atoms with Gasteiger partial charge in [-0.25, -0.2) is 4.79 Å². The van der Waals surface area contributed by atoms with E-state index in [4.69, 9.17) is 21.1 Å². The lowest BCUT2D eigenvalue weighted by Gasteiger charge is -2.37. The molecule has 3 aromatic rings. The van der Waals surface area contributed by atoms with Gasteiger partial charge in [-0.3, -0.25) is 0 Å². The van der Waals surface area contributed by atoms with E-state index >= 15 is 0 Å². The van der Waals surface area contributed by atoms with Gasteiger partial charge in [-0.2, -0.15) is 0 Å². The Bertz CT molecular complexity index is 1140. The van der Waals surface area contributed by atoms with Crippen LogP contribution in [0.25, 0.3) is 0 Å². The fraction of sp³-hybridized carbons (Fsp3) is 0.208. The van der Waals surface area contributed by atoms with Crippen LogP contribution in [0.4, 0.5) is 5.69 Å². The number of nitrogens with zero attached hydrogens (tertiary/aromatic N) is 1. The standard InChI is InChI=1S/C24H20ClNO3/c1-3-26(4-2)16-10-11-19-22(14-16)28-21-12-9-15(25)13-20(21)24(19)18-8-6-5-7-17(18)23(27)29-24/h5-14H,3-4H2,1-2H3/t24-/m1/s1. The molecule has 4 nitrogen and oxygen atoms in total. The van der Waals surface area contributed by atoms with Crippen LogP contribution in [-0.2, 0) is 10.3 Å². The van der Waals surface area contributed by atoms with Crippen LogP contribution in [0.5, 0.6) is 11.5 Å². The SMILES string of the molecule is CCN(CC)c1ccc2c(c1)Oc1ccc(Cl)cc1[C@]21OC(=O)c2ccccc21. The van der Waals surface area contributed by atoms with Crippen LogP contribution in [0.15, 0.2) is 60.7 Å². The van der Waals surface area contributed by atoms with E-state index in [2.05, 4.69) is 24.8 Å². The molecule has 0 fully saturated rings. The Morgan fingerprint density at radius 2 is 1.69 bits per heavy atom. The van der Waals surface area contributed by atoms with Gasteiger partial charge in [0.2, 0.25) is 0 Å². The summed E-state index contributed by atoms with van der Waals surface area (Å²) in [6.45, 7) is 6.03. The van der Waals surface area contributed by atoms with Crippen molar-refractivity contribution in [3.05, 3.63) is 87.9 Å². The number of halogens is 1. The molecule has 1 spiro atoms. The molecule has 2 heterocycles. The van der Waals surface area contributed by atoms with Gasteiger partial charge in [0, 0.05) is 46.6 Å². The largest absolute Gasteiger partial charge is 0.456 e. The molecule has 1 atom stereocenters. The van der Waals surface area contributed by atoms with Gasteiger partial charge in [0.25, 0.3) is 0 Å². The number of ether oxygens (including phenoxy) is 2. The summed E-state index contributed by atoms with van der Waals surface area (Å²) in [6.07, 6.45) is 0. The first kappa shape index (κ1) is 18.1. The van der Waals surface area contributed by atoms with E-state index in [1.807, 2.05) is 42.5 Å². The van der Waals surface area contributed by atoms with Gasteiger partial charge in [-0.1, -0.05) is 29.8 Å². The van der Waals surface area contributed by atoms with Gasteiger partial charge in [-0.05, 0) is 50.2 Å². The van der Waals surface area contributed by atoms with Crippen molar-refractivity contribution in [2.45, 2.75) is 19.4 Å². The number of hydrogen-bond acceptors (Lipinski definition) is 4. The number of benzene rings is 3. The molecule has 5 heteroatoms. The molecule has 0 amide bonds. The fourth-order valence-corrected chi connectivity index (χ4v) is 4.59. The third-order valence-electron chi connectivity index (χ3n) is 5.79. The van der Waals surface area contributed by atoms with Crippen molar-refractivity contribution in [3.8, 4) is 11.5 Å². The Hall–Kier alpha value is -2.98. The maximum absolute atomic E-state index is 12.8. The maximum Gasteiger partial charge on any atom is 0.340 e. The van der Waals surface area contributed by atoms with Crippen molar-refractivity contribution >= 4 is 23.3 Å². The Morgan fingerprint density at radius 1 is 0.897 bits per heavy atom. The van der Waals surface area contributed by atoms with E-state index in [1.54, 1.807) is 12.1 Å². The van der Waals surface area contributed by atoms with Gasteiger partial charge >= 0.3 is 5.97 Å². The lowest BCUT2D eigenvalue weighted by molar-refractivity contribution is 0.0224. The first-order valence-electron chi connectivity index (χ1n) is 9.78. The van der Waals surface area contributed by atoms with E-state index in [1.165, 1.54) is 0 Å². The summed E-state index contributed by atoms with van der Waals surface area (Å²) in [6, 6.07) is 19.0. The highest BCUT2D eigenvalue weighted by molar-refractivity contribution is 6.30. The van der Waals surface area contributed by atoms with Gasteiger partial charge in [-0.15, -0.1) is 0 Å². The van der Waals surface area contributed by atoms with Crippen molar-refractivity contribution in [2.24, 2.45) is 0 Å². The van der Waals surface area contributed by atoms with Crippen molar-refractivity contribution in [2.75, 3.05) is 18.0 Å². The molecule has 0 unspecified atom stereocenters. The average molecular weight is 406 g/mol. The molecule has 2 aliphatic rings. The summed E-state index contributed by atoms with van der Waals surface area (Å²) >= 11 is 6.33. The van der Waals surface area contributed by atoms with E-state index in [-0.39, 0.29) is 5.97 Å². The molecule has 146 valence electrons. The van der Waals surface area contributed by atoms with Crippen molar-refractivity contribution in [1.82, 2.24) is 0 Å². The smallest absolute Gasteiger partial charge is 0.340 e. The van der Waals surface area contributed by atoms with E-state index < -0.39 is 5.60 Å². The second kappa shape index (κ2) is 6.53. The van der Waals surface area contributed by atoms with Gasteiger partial charge in [0.05, 0.1) is 5.56 Å². The Balaban J connectivity index is 1.81. The number of fused-ring (bicyclic) bond motifs is 6. The lowest BCUT2D eigenvalue weighted by Crippen LogP contribution is -2.33. The monoisotopic (exact) mass is 405 g/mol. The van der Waals surface area contributed by atoms with Gasteiger partial charge in [0.15, 0.2) is 5.60 Å². The zero-order valence-electron chi connectivity index (χ0n) is 16.2. The highest BCUT2D eigenvalue weighted by Crippen LogP contribution is 2.56. The van der Waals surface area contributed by atoms with Gasteiger partial charge < -0.3 is 14.4 Å². The Morgan fingerprint density at radius 3 is 2.48 bits per heavy atom. The van der Waals surface area contributed by atoms with Crippen LogP contribution in [0.2, 0.25) is 5.02 Å². The second-order valence-corrected chi connectivity index (χ2v) is 7.65. The molecule has 5 rings (SSSR count). The minimum Gasteiger partial charge on any atom is -0.456 e. The molecule has 0 bridgehead atoms. The van der Waals surface area contributed by atoms with Crippen LogP contribution >= 0.6 is 11.6 Å². The molecular weight excluding hydrogens is 386 g/mol. The van der Waals surface area contributed by atoms with Crippen molar-refractivity contribution < 1.29 is 14.3 Å². The number of carbonyl (C=O) groups is 1. The number of esters is 1. The Labute approximate surface area is 174 Å². The minimum absolute atomic E-state index is 0.341. The zero-order valence-corrected chi connectivity index (χ0v) is 17.0. The summed E-state index contributed by atoms with van der Waals surface area (Å²) in [5, 5.41) is 0.565. The Kier molecular flexibility index (Phi) is 4.07. The topological polar surface area (TPSA) is 38.8 Å². The second-order valence-electron chi connectivity index (χ2n) is 7.21. The van der Waals surface area contributed by atoms with Crippen LogP contribution < -0.4 is 9.64 Å². The average Bonchev–Trinajstić information content (AvgIpc) is 3.03. The minimum atomic E-state index is -1.07. The number of anilines is 1. The highest BCUT2D eigenvalue weighted by atomic mass is 35.5. The molecule has 0 aliphatic carbocycles. The fourth-order valence-electron chi connectivity index (χ4n) is 4.42. The molecule has 2 aliphatic heterocycles. The zero-order chi connectivity index (χ0) is 20.2. The number of rotatable bonds is 3. The molecule has 0 saturated heterocycles. The number of hydrogen-bond donors (Lipinski definition) is 0. The first-order valence-corrected chi connectivity index (χ1v) is 10.2. The summed E-state index contributed by atoms with van der Waals surface area (Å²) in [5.41, 5.74) is 2.93. The van der Waals surface area contributed by atoms with Crippen LogP contribution in [0, 0.1) is 0 Å². The molecule has 0 N–H and O–H groups in total. The summed E-state index contributed by atoms with van der Waals surface area (Å²) in [5.74, 6) is 0.990. The predicted octanol–water partition coefficient (Wildman–Crippen LogP) is 5.75. The molecule has 0 aromatic heterocycles. The van der Waals surface area contributed by atoms with E-state index in [0.717, 1.165) is 35.5 Å². The lowest BCUT2D eigenvalue weighted by atomic mass is 9.77. The third kappa shape index (κ3) is 2.49. The predicted molar refractivity (Wildman–Crippen MR) is 113 cm³/mol. The van der Waals surface area contributed by atoms with Gasteiger partial charge in [0.1, 0.15) is 11.5 Å². The molecular formula is C24H20ClNO3. The number of carbonyl (C=O) groups excluding carboxylic acids is 1. The van der Waals surface area contributed by atoms with Crippen LogP contribution in [0.1, 0.15) is 40.9 Å². The summed E-state index contributed by atoms with van der Waals surface area (Å²) < 4.78 is 12.4. The molecule has 29 heavy (non-hydrogen) atoms. The normalized spacial score (nSPS) is 18.5. The highest BCUT2D eigenvalue weighted by Gasteiger charge is 2.53. The van der Waals surface area contributed by atoms with Crippen LogP contribution in [0.3, 0.4) is 0 Å². The quantitative estimate of drug-likeness (QED) is 0.520. The summed E-state index contributed by atoms with van der Waals surface area (Å²) in [4.78, 5) is 15.1. The first-order chi connectivity index (χ1) is 14.1. The van der Waals surface area contributed by atoms with Crippen LogP contribution in [-0.4, -0.2) is 19.1 Å². The van der Waals surface area contributed by atoms with E-state index in [9.17, 15) is 4.79 Å². The van der Waals surface area contributed by atoms with E-state index in [0.29, 0.717) is 22.1 Å². The molecule has 0 saturated carbocycles. The summed E-state index contributed by atoms with van der Waals surface area (Å²) in [7, 11) is 0. The van der Waals surface area contributed by atoms with Crippen molar-refractivity contribution in [1.29, 1.82) is 0 Å². The molecule has 3 aromatic carbocycles. The maximum atomic E-state index is 12.8.